The fourth-order valence-corrected chi connectivity index (χ4v) is 2.68. The van der Waals surface area contributed by atoms with Gasteiger partial charge in [-0.25, -0.2) is 0 Å². The van der Waals surface area contributed by atoms with Gasteiger partial charge in [-0.05, 0) is 67.4 Å². The number of hydrazine groups is 1. The molecule has 2 amide bonds. The van der Waals surface area contributed by atoms with E-state index >= 15 is 0 Å². The predicted molar refractivity (Wildman–Crippen MR) is 120 cm³/mol. The summed E-state index contributed by atoms with van der Waals surface area (Å²) < 4.78 is 10.8. The van der Waals surface area contributed by atoms with E-state index in [1.165, 1.54) is 5.56 Å². The Bertz CT molecular complexity index is 871. The Kier molecular flexibility index (Phi) is 9.08. The summed E-state index contributed by atoms with van der Waals surface area (Å²) in [6.45, 7) is 6.47. The summed E-state index contributed by atoms with van der Waals surface area (Å²) in [6, 6.07) is 14.4. The number of carbonyl (C=O) groups is 2. The summed E-state index contributed by atoms with van der Waals surface area (Å²) in [7, 11) is 0. The standard InChI is InChI=1S/C22H27N3O4S/c1-4-15(3)16-9-11-18(12-10-16)29-14-20(26)24-25-22(30)23-21(27)17-7-6-8-19(13-17)28-5-2/h6-13,15H,4-5,14H2,1-3H3,(H,24,26)(H2,23,25,27,30). The van der Waals surface area contributed by atoms with E-state index in [0.717, 1.165) is 6.42 Å². The smallest absolute Gasteiger partial charge is 0.276 e. The van der Waals surface area contributed by atoms with Crippen molar-refractivity contribution in [3.05, 3.63) is 59.7 Å². The molecule has 0 fully saturated rings. The van der Waals surface area contributed by atoms with Crippen molar-refractivity contribution in [3.8, 4) is 11.5 Å². The van der Waals surface area contributed by atoms with E-state index in [1.54, 1.807) is 24.3 Å². The van der Waals surface area contributed by atoms with Crippen LogP contribution in [0.15, 0.2) is 48.5 Å². The Morgan fingerprint density at radius 2 is 1.73 bits per heavy atom. The minimum Gasteiger partial charge on any atom is -0.494 e. The first kappa shape index (κ1) is 23.2. The first-order valence-electron chi connectivity index (χ1n) is 9.78. The van der Waals surface area contributed by atoms with Crippen molar-refractivity contribution < 1.29 is 19.1 Å². The molecule has 0 saturated carbocycles. The molecule has 3 N–H and O–H groups in total. The van der Waals surface area contributed by atoms with Crippen LogP contribution in [0.25, 0.3) is 0 Å². The minimum absolute atomic E-state index is 0.0342. The van der Waals surface area contributed by atoms with E-state index in [9.17, 15) is 9.59 Å². The second-order valence-corrected chi connectivity index (χ2v) is 6.99. The maximum absolute atomic E-state index is 12.2. The fraction of sp³-hybridized carbons (Fsp3) is 0.318. The van der Waals surface area contributed by atoms with Gasteiger partial charge in [0, 0.05) is 5.56 Å². The van der Waals surface area contributed by atoms with Crippen molar-refractivity contribution in [3.63, 3.8) is 0 Å². The van der Waals surface area contributed by atoms with Crippen LogP contribution < -0.4 is 25.6 Å². The summed E-state index contributed by atoms with van der Waals surface area (Å²) in [5.74, 6) is 0.815. The van der Waals surface area contributed by atoms with Crippen molar-refractivity contribution in [2.75, 3.05) is 13.2 Å². The third-order valence-corrected chi connectivity index (χ3v) is 4.59. The van der Waals surface area contributed by atoms with Crippen LogP contribution in [0.2, 0.25) is 0 Å². The van der Waals surface area contributed by atoms with Crippen molar-refractivity contribution in [2.45, 2.75) is 33.1 Å². The number of hydrogen-bond acceptors (Lipinski definition) is 5. The van der Waals surface area contributed by atoms with Crippen molar-refractivity contribution in [1.82, 2.24) is 16.2 Å². The van der Waals surface area contributed by atoms with Crippen LogP contribution in [-0.4, -0.2) is 30.1 Å². The highest BCUT2D eigenvalue weighted by Crippen LogP contribution is 2.21. The number of amides is 2. The number of nitrogens with one attached hydrogen (secondary N) is 3. The number of carbonyl (C=O) groups excluding carboxylic acids is 2. The highest BCUT2D eigenvalue weighted by atomic mass is 32.1. The molecule has 0 aliphatic heterocycles. The Hall–Kier alpha value is -3.13. The van der Waals surface area contributed by atoms with E-state index in [2.05, 4.69) is 30.0 Å². The molecule has 0 saturated heterocycles. The highest BCUT2D eigenvalue weighted by molar-refractivity contribution is 7.80. The lowest BCUT2D eigenvalue weighted by Gasteiger charge is -2.13. The third-order valence-electron chi connectivity index (χ3n) is 4.38. The van der Waals surface area contributed by atoms with Crippen molar-refractivity contribution in [2.24, 2.45) is 0 Å². The Morgan fingerprint density at radius 3 is 2.40 bits per heavy atom. The average molecular weight is 430 g/mol. The van der Waals surface area contributed by atoms with Gasteiger partial charge in [-0.15, -0.1) is 0 Å². The molecule has 2 aromatic rings. The molecule has 0 spiro atoms. The van der Waals surface area contributed by atoms with Gasteiger partial charge in [0.2, 0.25) is 0 Å². The second-order valence-electron chi connectivity index (χ2n) is 6.58. The van der Waals surface area contributed by atoms with Gasteiger partial charge >= 0.3 is 0 Å². The summed E-state index contributed by atoms with van der Waals surface area (Å²) in [5, 5.41) is 2.45. The molecule has 0 aliphatic carbocycles. The van der Waals surface area contributed by atoms with Crippen LogP contribution in [0.4, 0.5) is 0 Å². The van der Waals surface area contributed by atoms with Crippen LogP contribution in [-0.2, 0) is 4.79 Å². The maximum atomic E-state index is 12.2. The van der Waals surface area contributed by atoms with Crippen LogP contribution in [0.3, 0.4) is 0 Å². The first-order valence-corrected chi connectivity index (χ1v) is 10.2. The number of hydrogen-bond donors (Lipinski definition) is 3. The van der Waals surface area contributed by atoms with E-state index in [0.29, 0.717) is 29.6 Å². The molecule has 8 heteroatoms. The lowest BCUT2D eigenvalue weighted by Crippen LogP contribution is -2.49. The number of rotatable bonds is 8. The van der Waals surface area contributed by atoms with Gasteiger partial charge in [0.15, 0.2) is 11.7 Å². The van der Waals surface area contributed by atoms with Gasteiger partial charge < -0.3 is 9.47 Å². The van der Waals surface area contributed by atoms with Crippen LogP contribution in [0.1, 0.15) is 49.0 Å². The molecule has 2 rings (SSSR count). The summed E-state index contributed by atoms with van der Waals surface area (Å²) in [6.07, 6.45) is 1.06. The molecular formula is C22H27N3O4S. The zero-order valence-corrected chi connectivity index (χ0v) is 18.2. The molecule has 0 radical (unpaired) electrons. The number of ether oxygens (including phenoxy) is 2. The average Bonchev–Trinajstić information content (AvgIpc) is 2.76. The Labute approximate surface area is 182 Å². The van der Waals surface area contributed by atoms with Crippen molar-refractivity contribution >= 4 is 29.1 Å². The normalized spacial score (nSPS) is 11.2. The minimum atomic E-state index is -0.434. The van der Waals surface area contributed by atoms with Crippen molar-refractivity contribution in [1.29, 1.82) is 0 Å². The molecule has 0 bridgehead atoms. The molecule has 0 aliphatic rings. The topological polar surface area (TPSA) is 88.7 Å². The lowest BCUT2D eigenvalue weighted by molar-refractivity contribution is -0.123. The lowest BCUT2D eigenvalue weighted by atomic mass is 9.99. The molecular weight excluding hydrogens is 402 g/mol. The second kappa shape index (κ2) is 11.8. The molecule has 2 aromatic carbocycles. The molecule has 0 aromatic heterocycles. The van der Waals surface area contributed by atoms with Gasteiger partial charge in [0.1, 0.15) is 11.5 Å². The fourth-order valence-electron chi connectivity index (χ4n) is 2.54. The summed E-state index contributed by atoms with van der Waals surface area (Å²) in [5.41, 5.74) is 6.48. The van der Waals surface area contributed by atoms with E-state index < -0.39 is 11.8 Å². The van der Waals surface area contributed by atoms with Crippen LogP contribution >= 0.6 is 12.2 Å². The molecule has 0 heterocycles. The summed E-state index contributed by atoms with van der Waals surface area (Å²) >= 11 is 5.03. The quantitative estimate of drug-likeness (QED) is 0.441. The Balaban J connectivity index is 1.74. The van der Waals surface area contributed by atoms with Gasteiger partial charge in [0.05, 0.1) is 6.61 Å². The van der Waals surface area contributed by atoms with Crippen LogP contribution in [0, 0.1) is 0 Å². The molecule has 1 unspecified atom stereocenters. The molecule has 30 heavy (non-hydrogen) atoms. The monoisotopic (exact) mass is 429 g/mol. The predicted octanol–water partition coefficient (Wildman–Crippen LogP) is 3.31. The summed E-state index contributed by atoms with van der Waals surface area (Å²) in [4.78, 5) is 24.2. The van der Waals surface area contributed by atoms with E-state index in [1.807, 2.05) is 31.2 Å². The van der Waals surface area contributed by atoms with Gasteiger partial charge in [-0.2, -0.15) is 0 Å². The third kappa shape index (κ3) is 7.36. The number of thiocarbonyl (C=S) groups is 1. The zero-order valence-electron chi connectivity index (χ0n) is 17.4. The Morgan fingerprint density at radius 1 is 1.00 bits per heavy atom. The number of benzene rings is 2. The van der Waals surface area contributed by atoms with Gasteiger partial charge in [-0.3, -0.25) is 25.8 Å². The molecule has 7 nitrogen and oxygen atoms in total. The highest BCUT2D eigenvalue weighted by Gasteiger charge is 2.10. The van der Waals surface area contributed by atoms with E-state index in [-0.39, 0.29) is 11.7 Å². The molecule has 160 valence electrons. The van der Waals surface area contributed by atoms with Gasteiger partial charge in [-0.1, -0.05) is 32.0 Å². The largest absolute Gasteiger partial charge is 0.494 e. The SMILES string of the molecule is CCOc1cccc(C(=O)NC(=S)NNC(=O)COc2ccc(C(C)CC)cc2)c1. The van der Waals surface area contributed by atoms with Gasteiger partial charge in [0.25, 0.3) is 11.8 Å². The van der Waals surface area contributed by atoms with E-state index in [4.69, 9.17) is 21.7 Å². The maximum Gasteiger partial charge on any atom is 0.276 e. The molecule has 1 atom stereocenters. The first-order chi connectivity index (χ1) is 14.4. The van der Waals surface area contributed by atoms with Crippen LogP contribution in [0.5, 0.6) is 11.5 Å². The zero-order chi connectivity index (χ0) is 21.9.